The van der Waals surface area contributed by atoms with Crippen LogP contribution in [-0.2, 0) is 17.9 Å². The summed E-state index contributed by atoms with van der Waals surface area (Å²) in [7, 11) is 2.15. The summed E-state index contributed by atoms with van der Waals surface area (Å²) < 4.78 is 1.80. The van der Waals surface area contributed by atoms with Gasteiger partial charge in [0.15, 0.2) is 0 Å². The minimum atomic E-state index is -0.143. The van der Waals surface area contributed by atoms with Crippen molar-refractivity contribution >= 4 is 29.3 Å². The standard InChI is InChI=1S/C23H32ClN5O/c1-17(2)16-29-23(24)20(18(3)26-29)9-10-22(30)25-15-19-7-5-6-8-21(19)28-13-11-27(4)12-14-28/h5-10,17H,11-16H2,1-4H3,(H,25,30)/b10-9+. The molecule has 1 amide bonds. The Bertz CT molecular complexity index is 897. The molecule has 1 aromatic heterocycles. The molecule has 1 aromatic carbocycles. The first kappa shape index (κ1) is 22.4. The molecule has 30 heavy (non-hydrogen) atoms. The van der Waals surface area contributed by atoms with E-state index in [1.54, 1.807) is 10.8 Å². The van der Waals surface area contributed by atoms with Crippen LogP contribution in [0.5, 0.6) is 0 Å². The average molecular weight is 430 g/mol. The van der Waals surface area contributed by atoms with E-state index in [0.29, 0.717) is 17.6 Å². The monoisotopic (exact) mass is 429 g/mol. The van der Waals surface area contributed by atoms with Gasteiger partial charge in [0.25, 0.3) is 0 Å². The number of halogens is 1. The normalized spacial score (nSPS) is 15.3. The lowest BCUT2D eigenvalue weighted by Gasteiger charge is -2.35. The quantitative estimate of drug-likeness (QED) is 0.683. The second-order valence-electron chi connectivity index (χ2n) is 8.34. The van der Waals surface area contributed by atoms with Crippen LogP contribution in [0.25, 0.3) is 6.08 Å². The average Bonchev–Trinajstić information content (AvgIpc) is 2.97. The molecular formula is C23H32ClN5O. The van der Waals surface area contributed by atoms with E-state index < -0.39 is 0 Å². The lowest BCUT2D eigenvalue weighted by molar-refractivity contribution is -0.116. The second-order valence-corrected chi connectivity index (χ2v) is 8.69. The van der Waals surface area contributed by atoms with Gasteiger partial charge in [-0.25, -0.2) is 0 Å². The molecule has 1 N–H and O–H groups in total. The van der Waals surface area contributed by atoms with Gasteiger partial charge in [-0.3, -0.25) is 9.48 Å². The second kappa shape index (κ2) is 10.1. The fourth-order valence-corrected chi connectivity index (χ4v) is 3.95. The highest BCUT2D eigenvalue weighted by Crippen LogP contribution is 2.23. The number of carbonyl (C=O) groups excluding carboxylic acids is 1. The van der Waals surface area contributed by atoms with Gasteiger partial charge >= 0.3 is 0 Å². The first-order chi connectivity index (χ1) is 14.3. The van der Waals surface area contributed by atoms with Crippen LogP contribution < -0.4 is 10.2 Å². The summed E-state index contributed by atoms with van der Waals surface area (Å²) in [5, 5.41) is 8.06. The third-order valence-corrected chi connectivity index (χ3v) is 5.74. The van der Waals surface area contributed by atoms with E-state index in [0.717, 1.165) is 49.5 Å². The van der Waals surface area contributed by atoms with Crippen LogP contribution >= 0.6 is 11.6 Å². The van der Waals surface area contributed by atoms with Gasteiger partial charge < -0.3 is 15.1 Å². The third kappa shape index (κ3) is 5.64. The number of hydrogen-bond acceptors (Lipinski definition) is 4. The van der Waals surface area contributed by atoms with Crippen LogP contribution in [0, 0.1) is 12.8 Å². The Morgan fingerprint density at radius 2 is 1.93 bits per heavy atom. The number of para-hydroxylation sites is 1. The van der Waals surface area contributed by atoms with Gasteiger partial charge in [0, 0.05) is 56.6 Å². The van der Waals surface area contributed by atoms with E-state index in [-0.39, 0.29) is 5.91 Å². The lowest BCUT2D eigenvalue weighted by atomic mass is 10.1. The van der Waals surface area contributed by atoms with Crippen molar-refractivity contribution in [1.29, 1.82) is 0 Å². The Balaban J connectivity index is 1.63. The zero-order valence-corrected chi connectivity index (χ0v) is 19.1. The Labute approximate surface area is 184 Å². The van der Waals surface area contributed by atoms with Gasteiger partial charge in [-0.15, -0.1) is 0 Å². The van der Waals surface area contributed by atoms with Crippen LogP contribution in [0.3, 0.4) is 0 Å². The molecule has 0 radical (unpaired) electrons. The predicted octanol–water partition coefficient (Wildman–Crippen LogP) is 3.58. The van der Waals surface area contributed by atoms with E-state index in [4.69, 9.17) is 11.6 Å². The molecule has 0 aliphatic carbocycles. The van der Waals surface area contributed by atoms with Crippen molar-refractivity contribution in [2.45, 2.75) is 33.9 Å². The summed E-state index contributed by atoms with van der Waals surface area (Å²) in [6.07, 6.45) is 3.29. The molecular weight excluding hydrogens is 398 g/mol. The van der Waals surface area contributed by atoms with Gasteiger partial charge in [-0.05, 0) is 37.6 Å². The number of carbonyl (C=O) groups is 1. The molecule has 0 saturated carbocycles. The minimum Gasteiger partial charge on any atom is -0.369 e. The Morgan fingerprint density at radius 3 is 2.63 bits per heavy atom. The maximum absolute atomic E-state index is 12.4. The van der Waals surface area contributed by atoms with E-state index in [1.807, 2.05) is 13.0 Å². The molecule has 2 aromatic rings. The van der Waals surface area contributed by atoms with Crippen molar-refractivity contribution in [2.75, 3.05) is 38.1 Å². The zero-order valence-electron chi connectivity index (χ0n) is 18.4. The summed E-state index contributed by atoms with van der Waals surface area (Å²) >= 11 is 6.46. The van der Waals surface area contributed by atoms with Crippen molar-refractivity contribution in [3.05, 3.63) is 52.3 Å². The number of nitrogens with zero attached hydrogens (tertiary/aromatic N) is 4. The molecule has 6 nitrogen and oxygen atoms in total. The van der Waals surface area contributed by atoms with E-state index in [2.05, 4.69) is 59.3 Å². The van der Waals surface area contributed by atoms with Crippen LogP contribution in [0.1, 0.15) is 30.7 Å². The first-order valence-electron chi connectivity index (χ1n) is 10.6. The fourth-order valence-electron chi connectivity index (χ4n) is 3.64. The number of aryl methyl sites for hydroxylation is 1. The molecule has 2 heterocycles. The van der Waals surface area contributed by atoms with Crippen molar-refractivity contribution in [2.24, 2.45) is 5.92 Å². The minimum absolute atomic E-state index is 0.143. The SMILES string of the molecule is Cc1nn(CC(C)C)c(Cl)c1/C=C/C(=O)NCc1ccccc1N1CCN(C)CC1. The molecule has 0 unspecified atom stereocenters. The van der Waals surface area contributed by atoms with Crippen LogP contribution in [0.4, 0.5) is 5.69 Å². The molecule has 3 rings (SSSR count). The Hall–Kier alpha value is -2.31. The molecule has 162 valence electrons. The highest BCUT2D eigenvalue weighted by Gasteiger charge is 2.17. The maximum atomic E-state index is 12.4. The number of hydrogen-bond donors (Lipinski definition) is 1. The molecule has 1 aliphatic rings. The molecule has 0 spiro atoms. The predicted molar refractivity (Wildman–Crippen MR) is 124 cm³/mol. The number of piperazine rings is 1. The highest BCUT2D eigenvalue weighted by molar-refractivity contribution is 6.31. The summed E-state index contributed by atoms with van der Waals surface area (Å²) in [6, 6.07) is 8.28. The van der Waals surface area contributed by atoms with Crippen molar-refractivity contribution in [3.63, 3.8) is 0 Å². The Kier molecular flexibility index (Phi) is 7.56. The summed E-state index contributed by atoms with van der Waals surface area (Å²) in [5.41, 5.74) is 3.95. The number of nitrogens with one attached hydrogen (secondary N) is 1. The van der Waals surface area contributed by atoms with Gasteiger partial charge in [0.1, 0.15) is 5.15 Å². The van der Waals surface area contributed by atoms with Gasteiger partial charge in [-0.2, -0.15) is 5.10 Å². The van der Waals surface area contributed by atoms with Crippen molar-refractivity contribution in [3.8, 4) is 0 Å². The summed E-state index contributed by atoms with van der Waals surface area (Å²) in [4.78, 5) is 17.2. The lowest BCUT2D eigenvalue weighted by Crippen LogP contribution is -2.45. The molecule has 0 atom stereocenters. The third-order valence-electron chi connectivity index (χ3n) is 5.34. The number of benzene rings is 1. The summed E-state index contributed by atoms with van der Waals surface area (Å²) in [6.45, 7) is 11.5. The van der Waals surface area contributed by atoms with Crippen LogP contribution in [-0.4, -0.2) is 53.8 Å². The number of likely N-dealkylation sites (N-methyl/N-ethyl adjacent to an activating group) is 1. The van der Waals surface area contributed by atoms with E-state index >= 15 is 0 Å². The number of rotatable bonds is 7. The van der Waals surface area contributed by atoms with Crippen LogP contribution in [0.2, 0.25) is 5.15 Å². The van der Waals surface area contributed by atoms with Crippen molar-refractivity contribution < 1.29 is 4.79 Å². The van der Waals surface area contributed by atoms with E-state index in [9.17, 15) is 4.79 Å². The summed E-state index contributed by atoms with van der Waals surface area (Å²) in [5.74, 6) is 0.303. The van der Waals surface area contributed by atoms with Crippen LogP contribution in [0.15, 0.2) is 30.3 Å². The molecule has 7 heteroatoms. The van der Waals surface area contributed by atoms with Crippen molar-refractivity contribution in [1.82, 2.24) is 20.0 Å². The number of amides is 1. The zero-order chi connectivity index (χ0) is 21.7. The largest absolute Gasteiger partial charge is 0.369 e. The number of aromatic nitrogens is 2. The van der Waals surface area contributed by atoms with Gasteiger partial charge in [0.2, 0.25) is 5.91 Å². The smallest absolute Gasteiger partial charge is 0.244 e. The van der Waals surface area contributed by atoms with Gasteiger partial charge in [-0.1, -0.05) is 43.6 Å². The molecule has 1 aliphatic heterocycles. The number of anilines is 1. The van der Waals surface area contributed by atoms with Gasteiger partial charge in [0.05, 0.1) is 5.69 Å². The molecule has 0 bridgehead atoms. The topological polar surface area (TPSA) is 53.4 Å². The molecule has 1 fully saturated rings. The highest BCUT2D eigenvalue weighted by atomic mass is 35.5. The first-order valence-corrected chi connectivity index (χ1v) is 10.9. The van der Waals surface area contributed by atoms with E-state index in [1.165, 1.54) is 11.8 Å². The fraction of sp³-hybridized carbons (Fsp3) is 0.478. The Morgan fingerprint density at radius 1 is 1.23 bits per heavy atom. The maximum Gasteiger partial charge on any atom is 0.244 e. The molecule has 1 saturated heterocycles.